The minimum absolute atomic E-state index is 0.568. The number of benzene rings is 8. The van der Waals surface area contributed by atoms with Gasteiger partial charge in [-0.25, -0.2) is 19.8 Å². The van der Waals surface area contributed by atoms with Crippen LogP contribution >= 0.6 is 0 Å². The molecule has 0 bridgehead atoms. The van der Waals surface area contributed by atoms with Crippen molar-refractivity contribution in [3.63, 3.8) is 0 Å². The molecule has 2 aliphatic rings. The average molecular weight is 753 g/mol. The van der Waals surface area contributed by atoms with Crippen molar-refractivity contribution in [2.75, 3.05) is 0 Å². The number of aromatic nitrogens is 3. The van der Waals surface area contributed by atoms with Crippen LogP contribution in [0.25, 0.3) is 105 Å². The Labute approximate surface area is 337 Å². The fourth-order valence-electron chi connectivity index (χ4n) is 9.90. The summed E-state index contributed by atoms with van der Waals surface area (Å²) in [6, 6.07) is 58.4. The molecule has 0 amide bonds. The van der Waals surface area contributed by atoms with E-state index in [2.05, 4.69) is 95.8 Å². The number of furan rings is 2. The van der Waals surface area contributed by atoms with E-state index >= 15 is 0 Å². The molecule has 6 heteroatoms. The summed E-state index contributed by atoms with van der Waals surface area (Å²) < 4.78 is 13.5. The van der Waals surface area contributed by atoms with E-state index < -0.39 is 5.41 Å². The Hall–Kier alpha value is -8.14. The number of rotatable bonds is 3. The van der Waals surface area contributed by atoms with Crippen molar-refractivity contribution >= 4 is 49.6 Å². The molecule has 3 heterocycles. The summed E-state index contributed by atoms with van der Waals surface area (Å²) in [5.74, 6) is 1.78. The third kappa shape index (κ3) is 4.31. The van der Waals surface area contributed by atoms with Crippen LogP contribution in [-0.4, -0.2) is 15.0 Å². The molecule has 3 aromatic heterocycles. The topological polar surface area (TPSA) is 69.3 Å². The third-order valence-electron chi connectivity index (χ3n) is 12.3. The van der Waals surface area contributed by atoms with Gasteiger partial charge in [0.15, 0.2) is 23.2 Å². The number of fused-ring (bicyclic) bond motifs is 17. The van der Waals surface area contributed by atoms with Crippen LogP contribution < -0.4 is 0 Å². The van der Waals surface area contributed by atoms with Crippen LogP contribution in [0.2, 0.25) is 0 Å². The van der Waals surface area contributed by atoms with Crippen molar-refractivity contribution in [1.82, 2.24) is 15.0 Å². The first-order valence-corrected chi connectivity index (χ1v) is 19.6. The lowest BCUT2D eigenvalue weighted by Crippen LogP contribution is -2.26. The maximum absolute atomic E-state index is 7.92. The van der Waals surface area contributed by atoms with Gasteiger partial charge in [0.2, 0.25) is 0 Å². The van der Waals surface area contributed by atoms with Crippen molar-refractivity contribution in [3.8, 4) is 56.4 Å². The van der Waals surface area contributed by atoms with Crippen LogP contribution in [0.1, 0.15) is 22.3 Å². The first-order chi connectivity index (χ1) is 29.2. The summed E-state index contributed by atoms with van der Waals surface area (Å²) in [5, 5.41) is 4.24. The third-order valence-corrected chi connectivity index (χ3v) is 12.3. The molecule has 1 spiro atoms. The Morgan fingerprint density at radius 3 is 1.83 bits per heavy atom. The standard InChI is InChI=1S/C53H28N4O2/c1-54-33-21-24-42-38(27-33)34-16-8-10-18-41(34)53(42)43-29-47-40(35-17-9-11-19-44(35)58-47)28-39(43)36-23-25-45-48(49(36)53)37-22-20-32(26-46(37)59-45)52-56-50(30-12-4-2-5-13-30)55-51(57-52)31-14-6-3-7-15-31/h2-29H. The van der Waals surface area contributed by atoms with Gasteiger partial charge < -0.3 is 8.83 Å². The second-order valence-electron chi connectivity index (χ2n) is 15.3. The second kappa shape index (κ2) is 11.7. The number of hydrogen-bond acceptors (Lipinski definition) is 5. The molecule has 0 saturated carbocycles. The van der Waals surface area contributed by atoms with Gasteiger partial charge in [0.1, 0.15) is 22.3 Å². The molecule has 0 saturated heterocycles. The van der Waals surface area contributed by atoms with Crippen molar-refractivity contribution in [3.05, 3.63) is 204 Å². The van der Waals surface area contributed by atoms with Crippen LogP contribution in [0.5, 0.6) is 0 Å². The molecule has 8 aromatic carbocycles. The molecule has 6 nitrogen and oxygen atoms in total. The van der Waals surface area contributed by atoms with Gasteiger partial charge in [0.05, 0.1) is 12.0 Å². The molecule has 0 aliphatic heterocycles. The summed E-state index contributed by atoms with van der Waals surface area (Å²) >= 11 is 0. The molecular weight excluding hydrogens is 725 g/mol. The summed E-state index contributed by atoms with van der Waals surface area (Å²) in [5.41, 5.74) is 15.0. The van der Waals surface area contributed by atoms with Gasteiger partial charge in [0, 0.05) is 38.2 Å². The molecule has 1 atom stereocenters. The highest BCUT2D eigenvalue weighted by atomic mass is 16.3. The smallest absolute Gasteiger partial charge is 0.187 e. The lowest BCUT2D eigenvalue weighted by molar-refractivity contribution is 0.666. The van der Waals surface area contributed by atoms with Gasteiger partial charge in [0.25, 0.3) is 0 Å². The highest BCUT2D eigenvalue weighted by Gasteiger charge is 2.53. The van der Waals surface area contributed by atoms with Crippen LogP contribution in [0.3, 0.4) is 0 Å². The molecule has 59 heavy (non-hydrogen) atoms. The summed E-state index contributed by atoms with van der Waals surface area (Å²) in [4.78, 5) is 18.8. The zero-order valence-electron chi connectivity index (χ0n) is 31.3. The van der Waals surface area contributed by atoms with Gasteiger partial charge in [-0.1, -0.05) is 127 Å². The van der Waals surface area contributed by atoms with Gasteiger partial charge in [-0.3, -0.25) is 0 Å². The zero-order valence-corrected chi connectivity index (χ0v) is 31.3. The van der Waals surface area contributed by atoms with E-state index in [1.54, 1.807) is 0 Å². The summed E-state index contributed by atoms with van der Waals surface area (Å²) in [7, 11) is 0. The minimum Gasteiger partial charge on any atom is -0.456 e. The first kappa shape index (κ1) is 32.0. The fraction of sp³-hybridized carbons (Fsp3) is 0.0189. The molecular formula is C53H28N4O2. The minimum atomic E-state index is -0.706. The fourth-order valence-corrected chi connectivity index (χ4v) is 9.90. The highest BCUT2D eigenvalue weighted by molar-refractivity contribution is 6.16. The van der Waals surface area contributed by atoms with Crippen molar-refractivity contribution in [2.45, 2.75) is 5.41 Å². The maximum atomic E-state index is 7.92. The van der Waals surface area contributed by atoms with Crippen LogP contribution in [0, 0.1) is 6.57 Å². The number of hydrogen-bond donors (Lipinski definition) is 0. The molecule has 11 aromatic rings. The van der Waals surface area contributed by atoms with Crippen molar-refractivity contribution in [1.29, 1.82) is 0 Å². The Bertz CT molecular complexity index is 3580. The molecule has 1 unspecified atom stereocenters. The Kier molecular flexibility index (Phi) is 6.35. The van der Waals surface area contributed by atoms with E-state index in [-0.39, 0.29) is 0 Å². The Morgan fingerprint density at radius 2 is 1.05 bits per heavy atom. The molecule has 272 valence electrons. The lowest BCUT2D eigenvalue weighted by atomic mass is 9.69. The molecule has 2 aliphatic carbocycles. The maximum Gasteiger partial charge on any atom is 0.187 e. The molecule has 0 radical (unpaired) electrons. The predicted octanol–water partition coefficient (Wildman–Crippen LogP) is 13.6. The Morgan fingerprint density at radius 1 is 0.407 bits per heavy atom. The van der Waals surface area contributed by atoms with Crippen LogP contribution in [-0.2, 0) is 5.41 Å². The second-order valence-corrected chi connectivity index (χ2v) is 15.3. The van der Waals surface area contributed by atoms with E-state index in [1.165, 1.54) is 11.1 Å². The lowest BCUT2D eigenvalue weighted by Gasteiger charge is -2.31. The average Bonchev–Trinajstić information content (AvgIpc) is 4.02. The summed E-state index contributed by atoms with van der Waals surface area (Å²) in [6.45, 7) is 7.92. The quantitative estimate of drug-likeness (QED) is 0.168. The normalized spacial score (nSPS) is 14.8. The van der Waals surface area contributed by atoms with Gasteiger partial charge >= 0.3 is 0 Å². The first-order valence-electron chi connectivity index (χ1n) is 19.6. The number of para-hydroxylation sites is 1. The largest absolute Gasteiger partial charge is 0.456 e. The van der Waals surface area contributed by atoms with E-state index in [1.807, 2.05) is 78.9 Å². The van der Waals surface area contributed by atoms with Gasteiger partial charge in [-0.15, -0.1) is 0 Å². The van der Waals surface area contributed by atoms with E-state index in [4.69, 9.17) is 30.4 Å². The van der Waals surface area contributed by atoms with Gasteiger partial charge in [-0.2, -0.15) is 0 Å². The molecule has 0 fully saturated rings. The molecule has 0 N–H and O–H groups in total. The number of nitrogens with zero attached hydrogens (tertiary/aromatic N) is 4. The van der Waals surface area contributed by atoms with Crippen LogP contribution in [0.4, 0.5) is 5.69 Å². The van der Waals surface area contributed by atoms with Crippen molar-refractivity contribution in [2.24, 2.45) is 0 Å². The predicted molar refractivity (Wildman–Crippen MR) is 233 cm³/mol. The monoisotopic (exact) mass is 752 g/mol. The zero-order chi connectivity index (χ0) is 38.8. The van der Waals surface area contributed by atoms with Gasteiger partial charge in [-0.05, 0) is 87.0 Å². The van der Waals surface area contributed by atoms with Crippen molar-refractivity contribution < 1.29 is 8.83 Å². The van der Waals surface area contributed by atoms with Crippen LogP contribution in [0.15, 0.2) is 179 Å². The summed E-state index contributed by atoms with van der Waals surface area (Å²) in [6.07, 6.45) is 0. The van der Waals surface area contributed by atoms with E-state index in [0.717, 1.165) is 93.9 Å². The van der Waals surface area contributed by atoms with E-state index in [0.29, 0.717) is 23.2 Å². The molecule has 13 rings (SSSR count). The van der Waals surface area contributed by atoms with E-state index in [9.17, 15) is 0 Å². The highest BCUT2D eigenvalue weighted by Crippen LogP contribution is 2.65. The SMILES string of the molecule is [C-]#[N+]c1ccc2c(c1)-c1ccccc1C21c2cc3oc4ccccc4c3cc2-c2ccc3oc4cc(-c5nc(-c6ccccc6)nc(-c6ccccc6)n5)ccc4c3c21. The Balaban J connectivity index is 1.10.